The van der Waals surface area contributed by atoms with Crippen LogP contribution in [0.5, 0.6) is 0 Å². The number of hydrogen-bond donors (Lipinski definition) is 1. The standard InChI is InChI=1S/C13H13BrN2OS/c1-9(4-10-2-3-18-8-10)16-13(17)11-5-12(14)7-15-6-11/h2-3,5-9H,4H2,1H3,(H,16,17). The van der Waals surface area contributed by atoms with E-state index in [0.29, 0.717) is 5.56 Å². The predicted octanol–water partition coefficient (Wildman–Crippen LogP) is 3.27. The van der Waals surface area contributed by atoms with Crippen LogP contribution >= 0.6 is 27.3 Å². The third-order valence-electron chi connectivity index (χ3n) is 2.47. The maximum atomic E-state index is 12.0. The van der Waals surface area contributed by atoms with Gasteiger partial charge in [-0.05, 0) is 57.7 Å². The fourth-order valence-electron chi connectivity index (χ4n) is 1.66. The molecule has 0 aromatic carbocycles. The van der Waals surface area contributed by atoms with Gasteiger partial charge in [0.2, 0.25) is 0 Å². The predicted molar refractivity (Wildman–Crippen MR) is 76.9 cm³/mol. The van der Waals surface area contributed by atoms with Crippen LogP contribution in [0.25, 0.3) is 0 Å². The highest BCUT2D eigenvalue weighted by Gasteiger charge is 2.11. The van der Waals surface area contributed by atoms with Crippen molar-refractivity contribution < 1.29 is 4.79 Å². The second-order valence-electron chi connectivity index (χ2n) is 4.10. The third-order valence-corrected chi connectivity index (χ3v) is 3.63. The zero-order chi connectivity index (χ0) is 13.0. The molecule has 2 heterocycles. The number of aromatic nitrogens is 1. The fraction of sp³-hybridized carbons (Fsp3) is 0.231. The van der Waals surface area contributed by atoms with Crippen LogP contribution in [-0.2, 0) is 6.42 Å². The van der Waals surface area contributed by atoms with Crippen molar-refractivity contribution in [2.24, 2.45) is 0 Å². The minimum Gasteiger partial charge on any atom is -0.349 e. The molecule has 5 heteroatoms. The first-order chi connectivity index (χ1) is 8.65. The summed E-state index contributed by atoms with van der Waals surface area (Å²) in [5.41, 5.74) is 1.82. The van der Waals surface area contributed by atoms with E-state index >= 15 is 0 Å². The van der Waals surface area contributed by atoms with Crippen molar-refractivity contribution in [2.45, 2.75) is 19.4 Å². The van der Waals surface area contributed by atoms with Gasteiger partial charge in [0.25, 0.3) is 5.91 Å². The van der Waals surface area contributed by atoms with Crippen LogP contribution in [0.2, 0.25) is 0 Å². The molecule has 0 bridgehead atoms. The molecule has 0 radical (unpaired) electrons. The van der Waals surface area contributed by atoms with Gasteiger partial charge in [-0.3, -0.25) is 9.78 Å². The summed E-state index contributed by atoms with van der Waals surface area (Å²) in [6.45, 7) is 2.00. The van der Waals surface area contributed by atoms with Gasteiger partial charge in [0.15, 0.2) is 0 Å². The summed E-state index contributed by atoms with van der Waals surface area (Å²) < 4.78 is 0.806. The van der Waals surface area contributed by atoms with Gasteiger partial charge in [-0.1, -0.05) is 0 Å². The first-order valence-electron chi connectivity index (χ1n) is 5.57. The number of amides is 1. The van der Waals surface area contributed by atoms with Gasteiger partial charge in [0.1, 0.15) is 0 Å². The Bertz CT molecular complexity index is 528. The van der Waals surface area contributed by atoms with Gasteiger partial charge in [-0.25, -0.2) is 0 Å². The molecule has 0 saturated carbocycles. The molecule has 0 fully saturated rings. The van der Waals surface area contributed by atoms with Crippen LogP contribution < -0.4 is 5.32 Å². The lowest BCUT2D eigenvalue weighted by Gasteiger charge is -2.13. The van der Waals surface area contributed by atoms with Gasteiger partial charge >= 0.3 is 0 Å². The van der Waals surface area contributed by atoms with Crippen LogP contribution in [0.1, 0.15) is 22.8 Å². The molecule has 1 atom stereocenters. The van der Waals surface area contributed by atoms with Crippen molar-refractivity contribution in [2.75, 3.05) is 0 Å². The molecule has 2 aromatic heterocycles. The van der Waals surface area contributed by atoms with E-state index in [1.54, 1.807) is 29.8 Å². The number of nitrogens with zero attached hydrogens (tertiary/aromatic N) is 1. The minimum absolute atomic E-state index is 0.0912. The van der Waals surface area contributed by atoms with E-state index in [9.17, 15) is 4.79 Å². The number of hydrogen-bond acceptors (Lipinski definition) is 3. The van der Waals surface area contributed by atoms with E-state index in [0.717, 1.165) is 10.9 Å². The summed E-state index contributed by atoms with van der Waals surface area (Å²) in [6, 6.07) is 3.94. The SMILES string of the molecule is CC(Cc1ccsc1)NC(=O)c1cncc(Br)c1. The normalized spacial score (nSPS) is 12.1. The van der Waals surface area contributed by atoms with Crippen molar-refractivity contribution in [1.82, 2.24) is 10.3 Å². The summed E-state index contributed by atoms with van der Waals surface area (Å²) >= 11 is 4.97. The Morgan fingerprint density at radius 1 is 1.56 bits per heavy atom. The maximum absolute atomic E-state index is 12.0. The van der Waals surface area contributed by atoms with Crippen molar-refractivity contribution in [1.29, 1.82) is 0 Å². The molecule has 1 N–H and O–H groups in total. The molecule has 1 unspecified atom stereocenters. The molecule has 18 heavy (non-hydrogen) atoms. The summed E-state index contributed by atoms with van der Waals surface area (Å²) in [6.07, 6.45) is 4.07. The van der Waals surface area contributed by atoms with Crippen molar-refractivity contribution in [3.8, 4) is 0 Å². The molecular formula is C13H13BrN2OS. The largest absolute Gasteiger partial charge is 0.349 e. The minimum atomic E-state index is -0.0912. The van der Waals surface area contributed by atoms with Crippen LogP contribution in [0, 0.1) is 0 Å². The Balaban J connectivity index is 1.95. The zero-order valence-electron chi connectivity index (χ0n) is 9.89. The molecule has 2 rings (SSSR count). The zero-order valence-corrected chi connectivity index (χ0v) is 12.3. The Labute approximate surface area is 118 Å². The highest BCUT2D eigenvalue weighted by atomic mass is 79.9. The van der Waals surface area contributed by atoms with E-state index in [1.165, 1.54) is 5.56 Å². The maximum Gasteiger partial charge on any atom is 0.253 e. The highest BCUT2D eigenvalue weighted by molar-refractivity contribution is 9.10. The third kappa shape index (κ3) is 3.65. The number of carbonyl (C=O) groups excluding carboxylic acids is 1. The second-order valence-corrected chi connectivity index (χ2v) is 5.80. The molecule has 94 valence electrons. The Morgan fingerprint density at radius 2 is 2.39 bits per heavy atom. The Morgan fingerprint density at radius 3 is 3.06 bits per heavy atom. The van der Waals surface area contributed by atoms with Crippen molar-refractivity contribution in [3.63, 3.8) is 0 Å². The number of pyridine rings is 1. The molecule has 0 aliphatic heterocycles. The van der Waals surface area contributed by atoms with Gasteiger partial charge in [-0.15, -0.1) is 0 Å². The molecule has 2 aromatic rings. The molecule has 0 saturated heterocycles. The average molecular weight is 325 g/mol. The second kappa shape index (κ2) is 6.11. The Hall–Kier alpha value is -1.20. The van der Waals surface area contributed by atoms with E-state index in [4.69, 9.17) is 0 Å². The summed E-state index contributed by atoms with van der Waals surface area (Å²) in [7, 11) is 0. The number of carbonyl (C=O) groups is 1. The highest BCUT2D eigenvalue weighted by Crippen LogP contribution is 2.11. The van der Waals surface area contributed by atoms with Crippen LogP contribution in [-0.4, -0.2) is 16.9 Å². The lowest BCUT2D eigenvalue weighted by molar-refractivity contribution is 0.0939. The van der Waals surface area contributed by atoms with E-state index < -0.39 is 0 Å². The number of halogens is 1. The van der Waals surface area contributed by atoms with Crippen molar-refractivity contribution >= 4 is 33.2 Å². The summed E-state index contributed by atoms with van der Waals surface area (Å²) in [5.74, 6) is -0.0912. The van der Waals surface area contributed by atoms with Crippen LogP contribution in [0.4, 0.5) is 0 Å². The number of thiophene rings is 1. The average Bonchev–Trinajstić information content (AvgIpc) is 2.81. The van der Waals surface area contributed by atoms with E-state index in [-0.39, 0.29) is 11.9 Å². The van der Waals surface area contributed by atoms with Gasteiger partial charge in [0.05, 0.1) is 5.56 Å². The number of nitrogens with one attached hydrogen (secondary N) is 1. The topological polar surface area (TPSA) is 42.0 Å². The quantitative estimate of drug-likeness (QED) is 0.937. The fourth-order valence-corrected chi connectivity index (χ4v) is 2.70. The molecule has 0 spiro atoms. The van der Waals surface area contributed by atoms with Crippen molar-refractivity contribution in [3.05, 3.63) is 50.9 Å². The van der Waals surface area contributed by atoms with Gasteiger partial charge in [-0.2, -0.15) is 11.3 Å². The van der Waals surface area contributed by atoms with Crippen LogP contribution in [0.3, 0.4) is 0 Å². The van der Waals surface area contributed by atoms with Gasteiger partial charge in [0, 0.05) is 22.9 Å². The monoisotopic (exact) mass is 324 g/mol. The number of rotatable bonds is 4. The smallest absolute Gasteiger partial charge is 0.253 e. The summed E-state index contributed by atoms with van der Waals surface area (Å²) in [4.78, 5) is 15.9. The Kier molecular flexibility index (Phi) is 4.49. The molecule has 0 aliphatic rings. The molecule has 0 aliphatic carbocycles. The van der Waals surface area contributed by atoms with Gasteiger partial charge < -0.3 is 5.32 Å². The first kappa shape index (κ1) is 13.2. The summed E-state index contributed by atoms with van der Waals surface area (Å²) in [5, 5.41) is 7.11. The molecule has 3 nitrogen and oxygen atoms in total. The molecule has 1 amide bonds. The van der Waals surface area contributed by atoms with E-state index in [1.807, 2.05) is 12.3 Å². The van der Waals surface area contributed by atoms with Crippen LogP contribution in [0.15, 0.2) is 39.8 Å². The lowest BCUT2D eigenvalue weighted by Crippen LogP contribution is -2.34. The lowest BCUT2D eigenvalue weighted by atomic mass is 10.1. The molecular weight excluding hydrogens is 312 g/mol. The first-order valence-corrected chi connectivity index (χ1v) is 7.31. The van der Waals surface area contributed by atoms with E-state index in [2.05, 4.69) is 37.7 Å².